The SMILES string of the molecule is CC.CC.c1cc(-c2cccc3ccccc23)cc(-c2c3ccccc3c(-c3cccc4c3oc3ccccc34)c3ccccc23)c1. The molecule has 1 heteroatoms. The second-order valence-electron chi connectivity index (χ2n) is 11.2. The van der Waals surface area contributed by atoms with E-state index in [0.29, 0.717) is 0 Å². The first-order chi connectivity index (χ1) is 23.3. The molecule has 0 amide bonds. The number of para-hydroxylation sites is 2. The molecule has 0 saturated carbocycles. The van der Waals surface area contributed by atoms with Crippen LogP contribution in [-0.2, 0) is 0 Å². The van der Waals surface area contributed by atoms with E-state index in [0.717, 1.165) is 27.5 Å². The molecule has 1 nitrogen and oxygen atoms in total. The predicted octanol–water partition coefficient (Wildman–Crippen LogP) is 14.1. The molecule has 9 aromatic rings. The van der Waals surface area contributed by atoms with Crippen molar-refractivity contribution in [3.05, 3.63) is 158 Å². The van der Waals surface area contributed by atoms with Crippen molar-refractivity contribution < 1.29 is 4.42 Å². The third kappa shape index (κ3) is 5.05. The Morgan fingerprint density at radius 2 is 0.809 bits per heavy atom. The van der Waals surface area contributed by atoms with Crippen LogP contribution in [0.5, 0.6) is 0 Å². The predicted molar refractivity (Wildman–Crippen MR) is 205 cm³/mol. The maximum atomic E-state index is 6.55. The fourth-order valence-electron chi connectivity index (χ4n) is 6.99. The number of rotatable bonds is 3. The number of benzene rings is 8. The molecule has 0 spiro atoms. The molecule has 0 bridgehead atoms. The quantitative estimate of drug-likeness (QED) is 0.182. The first-order valence-corrected chi connectivity index (χ1v) is 16.8. The van der Waals surface area contributed by atoms with Gasteiger partial charge in [-0.05, 0) is 66.7 Å². The molecule has 1 heterocycles. The van der Waals surface area contributed by atoms with Crippen LogP contribution in [-0.4, -0.2) is 0 Å². The third-order valence-corrected chi connectivity index (χ3v) is 8.86. The number of furan rings is 1. The minimum Gasteiger partial charge on any atom is -0.455 e. The first kappa shape index (κ1) is 30.0. The van der Waals surface area contributed by atoms with Gasteiger partial charge in [-0.15, -0.1) is 0 Å². The van der Waals surface area contributed by atoms with Gasteiger partial charge in [0.15, 0.2) is 0 Å². The normalized spacial score (nSPS) is 11.0. The number of fused-ring (bicyclic) bond motifs is 6. The van der Waals surface area contributed by atoms with E-state index in [9.17, 15) is 0 Å². The molecule has 228 valence electrons. The van der Waals surface area contributed by atoms with E-state index >= 15 is 0 Å². The molecule has 1 aromatic heterocycles. The van der Waals surface area contributed by atoms with Gasteiger partial charge in [-0.2, -0.15) is 0 Å². The maximum absolute atomic E-state index is 6.55. The second kappa shape index (κ2) is 13.0. The van der Waals surface area contributed by atoms with Gasteiger partial charge in [0.05, 0.1) is 0 Å². The lowest BCUT2D eigenvalue weighted by atomic mass is 9.85. The van der Waals surface area contributed by atoms with Crippen LogP contribution < -0.4 is 0 Å². The van der Waals surface area contributed by atoms with E-state index in [-0.39, 0.29) is 0 Å². The molecule has 47 heavy (non-hydrogen) atoms. The fraction of sp³-hybridized carbons (Fsp3) is 0.0870. The number of hydrogen-bond acceptors (Lipinski definition) is 1. The van der Waals surface area contributed by atoms with E-state index in [1.807, 2.05) is 33.8 Å². The van der Waals surface area contributed by atoms with Crippen molar-refractivity contribution >= 4 is 54.3 Å². The average molecular weight is 607 g/mol. The zero-order valence-corrected chi connectivity index (χ0v) is 27.4. The number of hydrogen-bond donors (Lipinski definition) is 0. The van der Waals surface area contributed by atoms with Crippen LogP contribution in [0.25, 0.3) is 87.6 Å². The van der Waals surface area contributed by atoms with Crippen molar-refractivity contribution in [1.82, 2.24) is 0 Å². The zero-order valence-electron chi connectivity index (χ0n) is 27.4. The van der Waals surface area contributed by atoms with Crippen molar-refractivity contribution in [2.24, 2.45) is 0 Å². The van der Waals surface area contributed by atoms with Crippen LogP contribution in [0.1, 0.15) is 27.7 Å². The van der Waals surface area contributed by atoms with Gasteiger partial charge in [0.25, 0.3) is 0 Å². The van der Waals surface area contributed by atoms with Crippen molar-refractivity contribution in [2.75, 3.05) is 0 Å². The fourth-order valence-corrected chi connectivity index (χ4v) is 6.99. The van der Waals surface area contributed by atoms with Crippen molar-refractivity contribution in [1.29, 1.82) is 0 Å². The summed E-state index contributed by atoms with van der Waals surface area (Å²) < 4.78 is 6.55. The van der Waals surface area contributed by atoms with E-state index in [4.69, 9.17) is 4.42 Å². The van der Waals surface area contributed by atoms with Gasteiger partial charge in [0, 0.05) is 21.9 Å². The standard InChI is InChI=1S/C42H26O.2C2H6/c1-2-16-30-27(12-1)13-10-22-31(30)28-14-9-15-29(26-28)40-33-18-3-5-20-35(33)41(36-21-6-4-19-34(36)40)38-24-11-23-37-32-17-7-8-25-39(32)43-42(37)38;2*1-2/h1-26H;2*1-2H3. The van der Waals surface area contributed by atoms with Gasteiger partial charge < -0.3 is 4.42 Å². The highest BCUT2D eigenvalue weighted by atomic mass is 16.3. The molecule has 0 unspecified atom stereocenters. The second-order valence-corrected chi connectivity index (χ2v) is 11.2. The summed E-state index contributed by atoms with van der Waals surface area (Å²) in [4.78, 5) is 0. The molecule has 0 N–H and O–H groups in total. The summed E-state index contributed by atoms with van der Waals surface area (Å²) in [5, 5.41) is 9.73. The summed E-state index contributed by atoms with van der Waals surface area (Å²) in [5.41, 5.74) is 9.13. The Balaban J connectivity index is 0.000000848. The highest BCUT2D eigenvalue weighted by molar-refractivity contribution is 6.24. The lowest BCUT2D eigenvalue weighted by molar-refractivity contribution is 0.670. The monoisotopic (exact) mass is 606 g/mol. The summed E-state index contributed by atoms with van der Waals surface area (Å²) in [6.07, 6.45) is 0. The van der Waals surface area contributed by atoms with Crippen molar-refractivity contribution in [3.8, 4) is 33.4 Å². The van der Waals surface area contributed by atoms with Gasteiger partial charge in [-0.25, -0.2) is 0 Å². The van der Waals surface area contributed by atoms with Gasteiger partial charge in [-0.1, -0.05) is 173 Å². The average Bonchev–Trinajstić information content (AvgIpc) is 3.54. The molecule has 0 aliphatic heterocycles. The largest absolute Gasteiger partial charge is 0.455 e. The minimum absolute atomic E-state index is 0.917. The van der Waals surface area contributed by atoms with Crippen LogP contribution in [0.3, 0.4) is 0 Å². The van der Waals surface area contributed by atoms with Crippen LogP contribution in [0.15, 0.2) is 162 Å². The van der Waals surface area contributed by atoms with Crippen molar-refractivity contribution in [2.45, 2.75) is 27.7 Å². The molecule has 0 radical (unpaired) electrons. The summed E-state index contributed by atoms with van der Waals surface area (Å²) in [7, 11) is 0. The Labute approximate surface area is 276 Å². The zero-order chi connectivity index (χ0) is 32.3. The van der Waals surface area contributed by atoms with Crippen LogP contribution in [0.4, 0.5) is 0 Å². The van der Waals surface area contributed by atoms with Gasteiger partial charge in [0.1, 0.15) is 11.2 Å². The van der Waals surface area contributed by atoms with E-state index in [2.05, 4.69) is 152 Å². The summed E-state index contributed by atoms with van der Waals surface area (Å²) in [6.45, 7) is 8.00. The maximum Gasteiger partial charge on any atom is 0.143 e. The summed E-state index contributed by atoms with van der Waals surface area (Å²) >= 11 is 0. The molecule has 0 aliphatic rings. The van der Waals surface area contributed by atoms with Crippen LogP contribution in [0, 0.1) is 0 Å². The molecule has 9 rings (SSSR count). The Morgan fingerprint density at radius 3 is 1.51 bits per heavy atom. The van der Waals surface area contributed by atoms with Gasteiger partial charge >= 0.3 is 0 Å². The Hall–Kier alpha value is -5.66. The topological polar surface area (TPSA) is 13.1 Å². The van der Waals surface area contributed by atoms with Gasteiger partial charge in [-0.3, -0.25) is 0 Å². The van der Waals surface area contributed by atoms with Crippen LogP contribution >= 0.6 is 0 Å². The highest BCUT2D eigenvalue weighted by Gasteiger charge is 2.20. The minimum atomic E-state index is 0.917. The third-order valence-electron chi connectivity index (χ3n) is 8.86. The van der Waals surface area contributed by atoms with E-state index < -0.39 is 0 Å². The lowest BCUT2D eigenvalue weighted by Gasteiger charge is -2.18. The Kier molecular flexibility index (Phi) is 8.29. The Morgan fingerprint density at radius 1 is 0.340 bits per heavy atom. The van der Waals surface area contributed by atoms with E-state index in [1.165, 1.54) is 60.1 Å². The van der Waals surface area contributed by atoms with Crippen molar-refractivity contribution in [3.63, 3.8) is 0 Å². The highest BCUT2D eigenvalue weighted by Crippen LogP contribution is 2.46. The molecule has 0 saturated heterocycles. The molecule has 0 atom stereocenters. The molecule has 8 aromatic carbocycles. The molecule has 0 aliphatic carbocycles. The first-order valence-electron chi connectivity index (χ1n) is 16.8. The van der Waals surface area contributed by atoms with Crippen LogP contribution in [0.2, 0.25) is 0 Å². The lowest BCUT2D eigenvalue weighted by Crippen LogP contribution is -1.91. The van der Waals surface area contributed by atoms with Gasteiger partial charge in [0.2, 0.25) is 0 Å². The smallest absolute Gasteiger partial charge is 0.143 e. The van der Waals surface area contributed by atoms with E-state index in [1.54, 1.807) is 0 Å². The Bertz CT molecular complexity index is 2450. The summed E-state index contributed by atoms with van der Waals surface area (Å²) in [5.74, 6) is 0. The summed E-state index contributed by atoms with van der Waals surface area (Å²) in [6, 6.07) is 56.8. The molecular weight excluding hydrogens is 569 g/mol. The molecular formula is C46H38O. The molecule has 0 fully saturated rings.